The molecule has 2 heterocycles. The van der Waals surface area contributed by atoms with Gasteiger partial charge < -0.3 is 10.2 Å². The van der Waals surface area contributed by atoms with Crippen LogP contribution < -0.4 is 5.32 Å². The molecule has 1 aromatic rings. The summed E-state index contributed by atoms with van der Waals surface area (Å²) in [4.78, 5) is 24.9. The summed E-state index contributed by atoms with van der Waals surface area (Å²) in [6.45, 7) is 11.8. The van der Waals surface area contributed by atoms with Crippen LogP contribution in [0.2, 0.25) is 0 Å². The summed E-state index contributed by atoms with van der Waals surface area (Å²) >= 11 is 0. The van der Waals surface area contributed by atoms with E-state index in [0.717, 1.165) is 68.4 Å². The number of rotatable bonds is 4. The fraction of sp³-hybridized carbons (Fsp3) is 0.481. The SMILES string of the molecule is C=C/C(=C\C1=C(C)NC(C)(c2ccc(F)cc2)C1)C(=O)N1CC[C@H](C)C1.O=C1CCCC1. The Hall–Kier alpha value is -2.69. The molecule has 1 N–H and O–H groups in total. The Morgan fingerprint density at radius 2 is 1.91 bits per heavy atom. The van der Waals surface area contributed by atoms with Gasteiger partial charge in [-0.25, -0.2) is 4.39 Å². The highest BCUT2D eigenvalue weighted by Crippen LogP contribution is 2.37. The number of hydrogen-bond acceptors (Lipinski definition) is 3. The topological polar surface area (TPSA) is 49.4 Å². The van der Waals surface area contributed by atoms with Gasteiger partial charge in [-0.15, -0.1) is 0 Å². The molecule has 1 amide bonds. The van der Waals surface area contributed by atoms with Crippen LogP contribution in [0.25, 0.3) is 0 Å². The molecule has 3 aliphatic rings. The van der Waals surface area contributed by atoms with Crippen LogP contribution in [-0.2, 0) is 15.1 Å². The molecule has 0 radical (unpaired) electrons. The van der Waals surface area contributed by atoms with Crippen LogP contribution in [0.4, 0.5) is 4.39 Å². The van der Waals surface area contributed by atoms with Gasteiger partial charge in [0, 0.05) is 43.6 Å². The van der Waals surface area contributed by atoms with Crippen molar-refractivity contribution in [3.8, 4) is 0 Å². The highest BCUT2D eigenvalue weighted by atomic mass is 19.1. The van der Waals surface area contributed by atoms with Crippen LogP contribution in [0.3, 0.4) is 0 Å². The molecule has 4 rings (SSSR count). The van der Waals surface area contributed by atoms with E-state index < -0.39 is 0 Å². The minimum absolute atomic E-state index is 0.0556. The maximum absolute atomic E-state index is 13.2. The molecule has 2 fully saturated rings. The summed E-state index contributed by atoms with van der Waals surface area (Å²) in [5.74, 6) is 0.829. The molecule has 1 unspecified atom stereocenters. The number of likely N-dealkylation sites (tertiary alicyclic amines) is 1. The molecule has 32 heavy (non-hydrogen) atoms. The molecule has 4 nitrogen and oxygen atoms in total. The van der Waals surface area contributed by atoms with E-state index in [1.54, 1.807) is 6.08 Å². The maximum Gasteiger partial charge on any atom is 0.253 e. The quantitative estimate of drug-likeness (QED) is 0.505. The number of amides is 1. The van der Waals surface area contributed by atoms with E-state index in [4.69, 9.17) is 0 Å². The first-order chi connectivity index (χ1) is 15.2. The molecule has 1 saturated carbocycles. The molecular formula is C27H35FN2O2. The standard InChI is InChI=1S/C22H27FN2O.C5H8O/c1-5-17(21(26)25-11-10-15(2)14-25)12-18-13-22(4,24-16(18)3)19-6-8-20(23)9-7-19;6-5-3-1-2-4-5/h5-9,12,15,24H,1,10-11,13-14H2,2-4H3;1-4H2/b17-12+;/t15-,22?;/m0./s1. The molecule has 1 aliphatic carbocycles. The summed E-state index contributed by atoms with van der Waals surface area (Å²) in [5, 5.41) is 3.51. The number of carbonyl (C=O) groups excluding carboxylic acids is 2. The van der Waals surface area contributed by atoms with Crippen molar-refractivity contribution >= 4 is 11.7 Å². The lowest BCUT2D eigenvalue weighted by molar-refractivity contribution is -0.125. The van der Waals surface area contributed by atoms with Gasteiger partial charge in [0.15, 0.2) is 0 Å². The molecule has 172 valence electrons. The summed E-state index contributed by atoms with van der Waals surface area (Å²) < 4.78 is 13.2. The van der Waals surface area contributed by atoms with E-state index in [1.807, 2.05) is 30.0 Å². The summed E-state index contributed by atoms with van der Waals surface area (Å²) in [7, 11) is 0. The van der Waals surface area contributed by atoms with Crippen molar-refractivity contribution < 1.29 is 14.0 Å². The molecule has 1 aromatic carbocycles. The zero-order valence-electron chi connectivity index (χ0n) is 19.5. The van der Waals surface area contributed by atoms with Gasteiger partial charge >= 0.3 is 0 Å². The molecule has 0 aromatic heterocycles. The van der Waals surface area contributed by atoms with Gasteiger partial charge in [0.05, 0.1) is 5.54 Å². The number of nitrogens with one attached hydrogen (secondary N) is 1. The Labute approximate surface area is 191 Å². The van der Waals surface area contributed by atoms with E-state index in [1.165, 1.54) is 12.1 Å². The molecule has 0 bridgehead atoms. The fourth-order valence-corrected chi connectivity index (χ4v) is 4.67. The van der Waals surface area contributed by atoms with Gasteiger partial charge in [-0.3, -0.25) is 9.59 Å². The second-order valence-electron chi connectivity index (χ2n) is 9.49. The van der Waals surface area contributed by atoms with Gasteiger partial charge in [0.25, 0.3) is 5.91 Å². The van der Waals surface area contributed by atoms with E-state index in [2.05, 4.69) is 25.7 Å². The van der Waals surface area contributed by atoms with Crippen molar-refractivity contribution in [3.05, 3.63) is 71.2 Å². The lowest BCUT2D eigenvalue weighted by Gasteiger charge is -2.27. The van der Waals surface area contributed by atoms with Gasteiger partial charge in [-0.1, -0.05) is 31.7 Å². The first kappa shape index (κ1) is 24.0. The van der Waals surface area contributed by atoms with Crippen molar-refractivity contribution in [2.24, 2.45) is 5.92 Å². The van der Waals surface area contributed by atoms with Crippen LogP contribution in [0.15, 0.2) is 59.8 Å². The fourth-order valence-electron chi connectivity index (χ4n) is 4.67. The monoisotopic (exact) mass is 438 g/mol. The second-order valence-corrected chi connectivity index (χ2v) is 9.49. The smallest absolute Gasteiger partial charge is 0.253 e. The van der Waals surface area contributed by atoms with Crippen LogP contribution in [0.1, 0.15) is 64.9 Å². The highest BCUT2D eigenvalue weighted by Gasteiger charge is 2.34. The third-order valence-electron chi connectivity index (χ3n) is 6.64. The number of carbonyl (C=O) groups is 2. The number of Topliss-reactive ketones (excluding diaryl/α,β-unsaturated/α-hetero) is 1. The number of hydrogen-bond donors (Lipinski definition) is 1. The number of allylic oxidation sites excluding steroid dienone is 2. The Bertz CT molecular complexity index is 923. The zero-order valence-corrected chi connectivity index (χ0v) is 19.5. The molecule has 0 spiro atoms. The van der Waals surface area contributed by atoms with E-state index in [-0.39, 0.29) is 17.3 Å². The minimum atomic E-state index is -0.304. The number of benzene rings is 1. The Kier molecular flexibility index (Phi) is 7.70. The first-order valence-corrected chi connectivity index (χ1v) is 11.6. The van der Waals surface area contributed by atoms with Gasteiger partial charge in [0.2, 0.25) is 0 Å². The summed E-state index contributed by atoms with van der Waals surface area (Å²) in [6.07, 6.45) is 9.37. The largest absolute Gasteiger partial charge is 0.379 e. The van der Waals surface area contributed by atoms with E-state index in [9.17, 15) is 14.0 Å². The highest BCUT2D eigenvalue weighted by molar-refractivity contribution is 5.96. The lowest BCUT2D eigenvalue weighted by Crippen LogP contribution is -2.33. The Balaban J connectivity index is 0.000000416. The van der Waals surface area contributed by atoms with Crippen molar-refractivity contribution in [2.75, 3.05) is 13.1 Å². The first-order valence-electron chi connectivity index (χ1n) is 11.6. The lowest BCUT2D eigenvalue weighted by atomic mass is 9.88. The third kappa shape index (κ3) is 5.76. The van der Waals surface area contributed by atoms with Crippen molar-refractivity contribution in [3.63, 3.8) is 0 Å². The van der Waals surface area contributed by atoms with Crippen molar-refractivity contribution in [1.82, 2.24) is 10.2 Å². The van der Waals surface area contributed by atoms with E-state index >= 15 is 0 Å². The summed E-state index contributed by atoms with van der Waals surface area (Å²) in [5.41, 5.74) is 3.49. The number of ketones is 1. The average Bonchev–Trinajstić information content (AvgIpc) is 3.48. The predicted octanol–water partition coefficient (Wildman–Crippen LogP) is 5.42. The molecule has 2 aliphatic heterocycles. The maximum atomic E-state index is 13.2. The molecule has 5 heteroatoms. The minimum Gasteiger partial charge on any atom is -0.379 e. The molecular weight excluding hydrogens is 403 g/mol. The number of halogens is 1. The average molecular weight is 439 g/mol. The van der Waals surface area contributed by atoms with Gasteiger partial charge in [0.1, 0.15) is 11.6 Å². The van der Waals surface area contributed by atoms with Crippen LogP contribution >= 0.6 is 0 Å². The van der Waals surface area contributed by atoms with Crippen molar-refractivity contribution in [2.45, 2.75) is 64.8 Å². The molecule has 2 atom stereocenters. The molecule has 1 saturated heterocycles. The van der Waals surface area contributed by atoms with Gasteiger partial charge in [-0.05, 0) is 68.4 Å². The van der Waals surface area contributed by atoms with Crippen LogP contribution in [-0.4, -0.2) is 29.7 Å². The Morgan fingerprint density at radius 1 is 1.25 bits per heavy atom. The van der Waals surface area contributed by atoms with E-state index in [0.29, 0.717) is 17.3 Å². The number of nitrogens with zero attached hydrogens (tertiary/aromatic N) is 1. The normalized spacial score (nSPS) is 25.5. The third-order valence-corrected chi connectivity index (χ3v) is 6.64. The second kappa shape index (κ2) is 10.3. The summed E-state index contributed by atoms with van der Waals surface area (Å²) in [6, 6.07) is 6.60. The van der Waals surface area contributed by atoms with Crippen molar-refractivity contribution in [1.29, 1.82) is 0 Å². The predicted molar refractivity (Wildman–Crippen MR) is 126 cm³/mol. The zero-order chi connectivity index (χ0) is 23.3. The van der Waals surface area contributed by atoms with Crippen LogP contribution in [0.5, 0.6) is 0 Å². The Morgan fingerprint density at radius 3 is 2.41 bits per heavy atom. The van der Waals surface area contributed by atoms with Gasteiger partial charge in [-0.2, -0.15) is 0 Å². The van der Waals surface area contributed by atoms with Crippen LogP contribution in [0, 0.1) is 11.7 Å².